The molecule has 0 aliphatic rings. The Bertz CT molecular complexity index is 350. The minimum Gasteiger partial charge on any atom is -0.492 e. The molecule has 0 saturated carbocycles. The van der Waals surface area contributed by atoms with E-state index in [1.165, 1.54) is 0 Å². The molecule has 0 heterocycles. The smallest absolute Gasteiger partial charge is 0.133 e. The molecule has 17 heavy (non-hydrogen) atoms. The highest BCUT2D eigenvalue weighted by atomic mass is 32.2. The molecule has 0 aromatic heterocycles. The van der Waals surface area contributed by atoms with Gasteiger partial charge in [0.25, 0.3) is 0 Å². The monoisotopic (exact) mass is 253 g/mol. The zero-order valence-corrected chi connectivity index (χ0v) is 12.0. The molecule has 0 radical (unpaired) electrons. The van der Waals surface area contributed by atoms with Gasteiger partial charge in [-0.15, -0.1) is 11.8 Å². The molecule has 1 rings (SSSR count). The molecule has 0 unspecified atom stereocenters. The normalized spacial score (nSPS) is 11.2. The van der Waals surface area contributed by atoms with Crippen LogP contribution in [0, 0.1) is 11.8 Å². The lowest BCUT2D eigenvalue weighted by Crippen LogP contribution is -2.05. The molecule has 2 nitrogen and oxygen atoms in total. The maximum atomic E-state index is 5.82. The van der Waals surface area contributed by atoms with E-state index in [-0.39, 0.29) is 0 Å². The van der Waals surface area contributed by atoms with E-state index in [0.29, 0.717) is 11.8 Å². The van der Waals surface area contributed by atoms with Gasteiger partial charge in [0, 0.05) is 11.4 Å². The van der Waals surface area contributed by atoms with Crippen molar-refractivity contribution < 1.29 is 4.74 Å². The summed E-state index contributed by atoms with van der Waals surface area (Å²) in [6, 6.07) is 5.87. The van der Waals surface area contributed by atoms with Gasteiger partial charge >= 0.3 is 0 Å². The van der Waals surface area contributed by atoms with Gasteiger partial charge < -0.3 is 10.5 Å². The number of nitrogens with two attached hydrogens (primary N) is 1. The maximum absolute atomic E-state index is 5.82. The van der Waals surface area contributed by atoms with Crippen molar-refractivity contribution in [2.45, 2.75) is 32.6 Å². The summed E-state index contributed by atoms with van der Waals surface area (Å²) in [5, 5.41) is 0. The fourth-order valence-electron chi connectivity index (χ4n) is 1.27. The van der Waals surface area contributed by atoms with Crippen LogP contribution in [0.3, 0.4) is 0 Å². The highest BCUT2D eigenvalue weighted by Gasteiger charge is 2.07. The lowest BCUT2D eigenvalue weighted by atomic mass is 10.2. The number of ether oxygens (including phenoxy) is 1. The summed E-state index contributed by atoms with van der Waals surface area (Å²) in [7, 11) is 0. The summed E-state index contributed by atoms with van der Waals surface area (Å²) in [6.07, 6.45) is 0. The molecular formula is C14H23NOS. The van der Waals surface area contributed by atoms with Gasteiger partial charge in [0.05, 0.1) is 11.5 Å². The van der Waals surface area contributed by atoms with Gasteiger partial charge in [0.2, 0.25) is 0 Å². The Morgan fingerprint density at radius 3 is 2.47 bits per heavy atom. The SMILES string of the molecule is CC(C)COc1ccc(N)cc1SCC(C)C. The van der Waals surface area contributed by atoms with Crippen LogP contribution < -0.4 is 10.5 Å². The fraction of sp³-hybridized carbons (Fsp3) is 0.571. The van der Waals surface area contributed by atoms with E-state index in [0.717, 1.165) is 28.7 Å². The summed E-state index contributed by atoms with van der Waals surface area (Å²) < 4.78 is 5.81. The van der Waals surface area contributed by atoms with E-state index in [1.54, 1.807) is 0 Å². The predicted octanol–water partition coefficient (Wildman–Crippen LogP) is 4.05. The Morgan fingerprint density at radius 1 is 1.18 bits per heavy atom. The van der Waals surface area contributed by atoms with Crippen LogP contribution >= 0.6 is 11.8 Å². The quantitative estimate of drug-likeness (QED) is 0.613. The summed E-state index contributed by atoms with van der Waals surface area (Å²) in [5.41, 5.74) is 6.62. The summed E-state index contributed by atoms with van der Waals surface area (Å²) in [5.74, 6) is 3.25. The third kappa shape index (κ3) is 5.35. The van der Waals surface area contributed by atoms with Gasteiger partial charge in [0.15, 0.2) is 0 Å². The molecule has 0 amide bonds. The molecule has 1 aromatic rings. The first kappa shape index (κ1) is 14.2. The number of nitrogen functional groups attached to an aromatic ring is 1. The summed E-state index contributed by atoms with van der Waals surface area (Å²) >= 11 is 1.82. The average molecular weight is 253 g/mol. The Hall–Kier alpha value is -0.830. The molecule has 0 saturated heterocycles. The third-order valence-corrected chi connectivity index (χ3v) is 3.58. The first-order valence-corrected chi connectivity index (χ1v) is 7.12. The molecule has 0 aliphatic heterocycles. The maximum Gasteiger partial charge on any atom is 0.133 e. The third-order valence-electron chi connectivity index (χ3n) is 2.11. The second-order valence-electron chi connectivity index (χ2n) is 5.12. The lowest BCUT2D eigenvalue weighted by molar-refractivity contribution is 0.265. The minimum absolute atomic E-state index is 0.538. The Morgan fingerprint density at radius 2 is 1.88 bits per heavy atom. The number of anilines is 1. The van der Waals surface area contributed by atoms with E-state index in [4.69, 9.17) is 10.5 Å². The van der Waals surface area contributed by atoms with Crippen LogP contribution in [0.25, 0.3) is 0 Å². The molecule has 2 N–H and O–H groups in total. The fourth-order valence-corrected chi connectivity index (χ4v) is 2.27. The van der Waals surface area contributed by atoms with Crippen molar-refractivity contribution in [2.75, 3.05) is 18.1 Å². The molecule has 3 heteroatoms. The van der Waals surface area contributed by atoms with Crippen LogP contribution in [-0.2, 0) is 0 Å². The molecule has 0 bridgehead atoms. The highest BCUT2D eigenvalue weighted by Crippen LogP contribution is 2.32. The Kier molecular flexibility index (Phi) is 5.69. The standard InChI is InChI=1S/C14H23NOS/c1-10(2)8-16-13-6-5-12(15)7-14(13)17-9-11(3)4/h5-7,10-11H,8-9,15H2,1-4H3. The second kappa shape index (κ2) is 6.80. The average Bonchev–Trinajstić information content (AvgIpc) is 2.24. The first-order chi connectivity index (χ1) is 7.99. The van der Waals surface area contributed by atoms with Crippen LogP contribution in [0.2, 0.25) is 0 Å². The van der Waals surface area contributed by atoms with Crippen molar-refractivity contribution in [2.24, 2.45) is 11.8 Å². The highest BCUT2D eigenvalue weighted by molar-refractivity contribution is 7.99. The molecule has 0 spiro atoms. The number of benzene rings is 1. The van der Waals surface area contributed by atoms with Crippen LogP contribution in [0.15, 0.2) is 23.1 Å². The van der Waals surface area contributed by atoms with Crippen molar-refractivity contribution in [3.05, 3.63) is 18.2 Å². The zero-order valence-electron chi connectivity index (χ0n) is 11.2. The van der Waals surface area contributed by atoms with Gasteiger partial charge in [-0.3, -0.25) is 0 Å². The van der Waals surface area contributed by atoms with Gasteiger partial charge in [-0.05, 0) is 30.0 Å². The predicted molar refractivity (Wildman–Crippen MR) is 76.7 cm³/mol. The number of hydrogen-bond donors (Lipinski definition) is 1. The van der Waals surface area contributed by atoms with Crippen LogP contribution in [0.4, 0.5) is 5.69 Å². The Labute approximate surface area is 109 Å². The van der Waals surface area contributed by atoms with Crippen molar-refractivity contribution in [3.8, 4) is 5.75 Å². The van der Waals surface area contributed by atoms with E-state index in [2.05, 4.69) is 27.7 Å². The molecule has 0 atom stereocenters. The van der Waals surface area contributed by atoms with Crippen molar-refractivity contribution in [1.82, 2.24) is 0 Å². The summed E-state index contributed by atoms with van der Waals surface area (Å²) in [6.45, 7) is 9.48. The van der Waals surface area contributed by atoms with E-state index >= 15 is 0 Å². The van der Waals surface area contributed by atoms with E-state index < -0.39 is 0 Å². The first-order valence-electron chi connectivity index (χ1n) is 6.14. The molecule has 0 aliphatic carbocycles. The lowest BCUT2D eigenvalue weighted by Gasteiger charge is -2.14. The number of thioether (sulfide) groups is 1. The molecule has 1 aromatic carbocycles. The number of hydrogen-bond acceptors (Lipinski definition) is 3. The van der Waals surface area contributed by atoms with Crippen molar-refractivity contribution in [1.29, 1.82) is 0 Å². The van der Waals surface area contributed by atoms with Gasteiger partial charge in [-0.1, -0.05) is 27.7 Å². The molecular weight excluding hydrogens is 230 g/mol. The van der Waals surface area contributed by atoms with E-state index in [1.807, 2.05) is 30.0 Å². The molecule has 0 fully saturated rings. The van der Waals surface area contributed by atoms with Crippen LogP contribution in [-0.4, -0.2) is 12.4 Å². The second-order valence-corrected chi connectivity index (χ2v) is 6.18. The van der Waals surface area contributed by atoms with Crippen molar-refractivity contribution >= 4 is 17.4 Å². The van der Waals surface area contributed by atoms with Crippen molar-refractivity contribution in [3.63, 3.8) is 0 Å². The van der Waals surface area contributed by atoms with Gasteiger partial charge in [-0.25, -0.2) is 0 Å². The van der Waals surface area contributed by atoms with E-state index in [9.17, 15) is 0 Å². The van der Waals surface area contributed by atoms with Crippen LogP contribution in [0.5, 0.6) is 5.75 Å². The zero-order chi connectivity index (χ0) is 12.8. The van der Waals surface area contributed by atoms with Crippen LogP contribution in [0.1, 0.15) is 27.7 Å². The molecule has 96 valence electrons. The number of rotatable bonds is 6. The minimum atomic E-state index is 0.538. The van der Waals surface area contributed by atoms with Gasteiger partial charge in [0.1, 0.15) is 5.75 Å². The topological polar surface area (TPSA) is 35.2 Å². The van der Waals surface area contributed by atoms with Gasteiger partial charge in [-0.2, -0.15) is 0 Å². The summed E-state index contributed by atoms with van der Waals surface area (Å²) in [4.78, 5) is 1.15. The largest absolute Gasteiger partial charge is 0.492 e. The Balaban J connectivity index is 2.72.